The number of hydrogen-bond acceptors (Lipinski definition) is 7. The summed E-state index contributed by atoms with van der Waals surface area (Å²) in [5.41, 5.74) is 1.36. The average Bonchev–Trinajstić information content (AvgIpc) is 3.13. The summed E-state index contributed by atoms with van der Waals surface area (Å²) in [6, 6.07) is 3.90. The lowest BCUT2D eigenvalue weighted by atomic mass is 10.1. The molecule has 3 aromatic rings. The summed E-state index contributed by atoms with van der Waals surface area (Å²) in [6.45, 7) is 4.06. The third-order valence-electron chi connectivity index (χ3n) is 5.74. The zero-order valence-corrected chi connectivity index (χ0v) is 17.6. The summed E-state index contributed by atoms with van der Waals surface area (Å²) in [7, 11) is -3.23. The topological polar surface area (TPSA) is 106 Å². The van der Waals surface area contributed by atoms with Crippen LogP contribution in [0.5, 0.6) is 0 Å². The zero-order chi connectivity index (χ0) is 20.9. The lowest BCUT2D eigenvalue weighted by Gasteiger charge is -2.34. The van der Waals surface area contributed by atoms with Crippen molar-refractivity contribution >= 4 is 26.7 Å². The molecule has 1 atom stereocenters. The first-order valence-electron chi connectivity index (χ1n) is 9.84. The predicted octanol–water partition coefficient (Wildman–Crippen LogP) is 1.30. The number of nitrogens with one attached hydrogen (secondary N) is 1. The molecule has 0 spiro atoms. The van der Waals surface area contributed by atoms with E-state index in [1.54, 1.807) is 17.1 Å². The van der Waals surface area contributed by atoms with E-state index in [1.165, 1.54) is 6.26 Å². The molecule has 0 bridgehead atoms. The molecule has 10 heteroatoms. The number of ether oxygens (including phenoxy) is 1. The van der Waals surface area contributed by atoms with E-state index in [4.69, 9.17) is 9.72 Å². The lowest BCUT2D eigenvalue weighted by molar-refractivity contribution is 0.0985. The average molecular weight is 427 g/mol. The van der Waals surface area contributed by atoms with Gasteiger partial charge in [-0.25, -0.2) is 13.4 Å². The van der Waals surface area contributed by atoms with Gasteiger partial charge in [0.05, 0.1) is 37.0 Å². The van der Waals surface area contributed by atoms with Crippen LogP contribution in [0.2, 0.25) is 0 Å². The number of nitrogens with zero attached hydrogens (tertiary/aromatic N) is 5. The molecule has 3 aromatic heterocycles. The molecule has 5 rings (SSSR count). The SMILES string of the molecule is C[C@@H]1COCCN1c1cc(C#CC2(S(C)(=O)=O)CC2)c2cnn(-c3ccn[nH]3)c2n1. The van der Waals surface area contributed by atoms with Crippen LogP contribution in [0.1, 0.15) is 25.3 Å². The number of aromatic nitrogens is 5. The van der Waals surface area contributed by atoms with Gasteiger partial charge in [0.25, 0.3) is 0 Å². The molecule has 1 N–H and O–H groups in total. The highest BCUT2D eigenvalue weighted by molar-refractivity contribution is 7.92. The third kappa shape index (κ3) is 3.14. The van der Waals surface area contributed by atoms with Gasteiger partial charge >= 0.3 is 0 Å². The normalized spacial score (nSPS) is 20.7. The number of fused-ring (bicyclic) bond motifs is 1. The molecule has 156 valence electrons. The highest BCUT2D eigenvalue weighted by atomic mass is 32.2. The maximum absolute atomic E-state index is 12.2. The zero-order valence-electron chi connectivity index (χ0n) is 16.8. The van der Waals surface area contributed by atoms with Gasteiger partial charge in [-0.2, -0.15) is 14.9 Å². The summed E-state index contributed by atoms with van der Waals surface area (Å²) in [4.78, 5) is 7.05. The van der Waals surface area contributed by atoms with Gasteiger partial charge in [0.1, 0.15) is 10.6 Å². The molecule has 1 aliphatic heterocycles. The third-order valence-corrected chi connectivity index (χ3v) is 7.67. The van der Waals surface area contributed by atoms with Gasteiger partial charge in [-0.1, -0.05) is 11.8 Å². The van der Waals surface area contributed by atoms with E-state index < -0.39 is 14.6 Å². The number of morpholine rings is 1. The van der Waals surface area contributed by atoms with Crippen LogP contribution in [-0.4, -0.2) is 70.2 Å². The van der Waals surface area contributed by atoms with Crippen molar-refractivity contribution in [1.29, 1.82) is 0 Å². The standard InChI is InChI=1S/C20H22N6O3S/c1-14-13-29-10-9-25(14)18-11-15(3-5-20(6-7-20)30(2,27)28)16-12-22-26(19(16)23-18)17-4-8-21-24-17/h4,8,11-12,14H,6-7,9-10,13H2,1-2H3,(H,21,24)/t14-/m1/s1. The first-order chi connectivity index (χ1) is 14.4. The van der Waals surface area contributed by atoms with Crippen LogP contribution in [0.25, 0.3) is 16.9 Å². The number of pyridine rings is 1. The van der Waals surface area contributed by atoms with Crippen LogP contribution >= 0.6 is 0 Å². The van der Waals surface area contributed by atoms with Crippen molar-refractivity contribution in [3.05, 3.63) is 30.1 Å². The molecular weight excluding hydrogens is 404 g/mol. The first kappa shape index (κ1) is 19.1. The molecule has 1 saturated carbocycles. The van der Waals surface area contributed by atoms with Crippen LogP contribution in [-0.2, 0) is 14.6 Å². The highest BCUT2D eigenvalue weighted by Crippen LogP contribution is 2.42. The Labute approximate surface area is 174 Å². The van der Waals surface area contributed by atoms with E-state index in [0.717, 1.165) is 23.3 Å². The van der Waals surface area contributed by atoms with Gasteiger partial charge < -0.3 is 9.64 Å². The molecule has 0 aromatic carbocycles. The second kappa shape index (κ2) is 6.82. The molecule has 4 heterocycles. The summed E-state index contributed by atoms with van der Waals surface area (Å²) < 4.78 is 30.6. The molecule has 1 aliphatic carbocycles. The van der Waals surface area contributed by atoms with E-state index in [-0.39, 0.29) is 6.04 Å². The van der Waals surface area contributed by atoms with E-state index in [1.807, 2.05) is 12.1 Å². The van der Waals surface area contributed by atoms with Crippen molar-refractivity contribution in [1.82, 2.24) is 25.0 Å². The van der Waals surface area contributed by atoms with Crippen molar-refractivity contribution in [3.8, 4) is 17.7 Å². The van der Waals surface area contributed by atoms with Crippen LogP contribution in [0, 0.1) is 11.8 Å². The Kier molecular flexibility index (Phi) is 4.34. The Bertz CT molecular complexity index is 1270. The molecule has 0 radical (unpaired) electrons. The van der Waals surface area contributed by atoms with E-state index in [0.29, 0.717) is 37.5 Å². The molecule has 9 nitrogen and oxygen atoms in total. The van der Waals surface area contributed by atoms with E-state index >= 15 is 0 Å². The van der Waals surface area contributed by atoms with Gasteiger partial charge in [-0.15, -0.1) is 0 Å². The van der Waals surface area contributed by atoms with Crippen molar-refractivity contribution in [2.75, 3.05) is 30.9 Å². The Morgan fingerprint density at radius 1 is 1.37 bits per heavy atom. The highest BCUT2D eigenvalue weighted by Gasteiger charge is 2.51. The fourth-order valence-electron chi connectivity index (χ4n) is 3.73. The quantitative estimate of drug-likeness (QED) is 0.629. The fourth-order valence-corrected chi connectivity index (χ4v) is 4.81. The van der Waals surface area contributed by atoms with Gasteiger partial charge in [0.15, 0.2) is 21.3 Å². The second-order valence-electron chi connectivity index (χ2n) is 7.90. The second-order valence-corrected chi connectivity index (χ2v) is 10.2. The minimum absolute atomic E-state index is 0.166. The number of rotatable bonds is 3. The van der Waals surface area contributed by atoms with Gasteiger partial charge in [-0.3, -0.25) is 5.10 Å². The summed E-state index contributed by atoms with van der Waals surface area (Å²) in [5, 5.41) is 12.1. The van der Waals surface area contributed by atoms with Crippen LogP contribution in [0.4, 0.5) is 5.82 Å². The first-order valence-corrected chi connectivity index (χ1v) is 11.7. The number of H-pyrrole nitrogens is 1. The van der Waals surface area contributed by atoms with Crippen molar-refractivity contribution < 1.29 is 13.2 Å². The van der Waals surface area contributed by atoms with Gasteiger partial charge in [0.2, 0.25) is 0 Å². The fraction of sp³-hybridized carbons (Fsp3) is 0.450. The molecule has 0 unspecified atom stereocenters. The summed E-state index contributed by atoms with van der Waals surface area (Å²) in [6.07, 6.45) is 5.77. The minimum atomic E-state index is -3.23. The van der Waals surface area contributed by atoms with Gasteiger partial charge in [0, 0.05) is 24.4 Å². The Hall–Kier alpha value is -2.90. The molecule has 30 heavy (non-hydrogen) atoms. The predicted molar refractivity (Wildman–Crippen MR) is 112 cm³/mol. The number of aromatic amines is 1. The Balaban J connectivity index is 1.68. The van der Waals surface area contributed by atoms with Crippen LogP contribution < -0.4 is 4.90 Å². The van der Waals surface area contributed by atoms with Crippen LogP contribution in [0.3, 0.4) is 0 Å². The minimum Gasteiger partial charge on any atom is -0.377 e. The number of sulfone groups is 1. The maximum atomic E-state index is 12.2. The van der Waals surface area contributed by atoms with Crippen molar-refractivity contribution in [2.24, 2.45) is 0 Å². The smallest absolute Gasteiger partial charge is 0.168 e. The summed E-state index contributed by atoms with van der Waals surface area (Å²) in [5.74, 6) is 7.65. The largest absolute Gasteiger partial charge is 0.377 e. The van der Waals surface area contributed by atoms with Crippen molar-refractivity contribution in [3.63, 3.8) is 0 Å². The molecular formula is C20H22N6O3S. The van der Waals surface area contributed by atoms with E-state index in [9.17, 15) is 8.42 Å². The number of anilines is 1. The van der Waals surface area contributed by atoms with Crippen LogP contribution in [0.15, 0.2) is 24.5 Å². The lowest BCUT2D eigenvalue weighted by Crippen LogP contribution is -2.44. The van der Waals surface area contributed by atoms with E-state index in [2.05, 4.69) is 39.0 Å². The molecule has 0 amide bonds. The molecule has 2 fully saturated rings. The maximum Gasteiger partial charge on any atom is 0.168 e. The number of hydrogen-bond donors (Lipinski definition) is 1. The van der Waals surface area contributed by atoms with Gasteiger partial charge in [-0.05, 0) is 25.8 Å². The summed E-state index contributed by atoms with van der Waals surface area (Å²) >= 11 is 0. The molecule has 2 aliphatic rings. The molecule has 1 saturated heterocycles. The monoisotopic (exact) mass is 426 g/mol. The Morgan fingerprint density at radius 3 is 2.87 bits per heavy atom. The van der Waals surface area contributed by atoms with Crippen molar-refractivity contribution in [2.45, 2.75) is 30.6 Å². The Morgan fingerprint density at radius 2 is 2.20 bits per heavy atom.